The third kappa shape index (κ3) is 7.01. The molecule has 0 aromatic rings. The SMILES string of the molecule is CCCCC(=O)C(=O)NN[C@@H](CC(C)C)C(N)=O. The Hall–Kier alpha value is -1.43. The molecule has 0 aliphatic rings. The molecule has 0 aliphatic heterocycles. The van der Waals surface area contributed by atoms with Crippen LogP contribution < -0.4 is 16.6 Å². The van der Waals surface area contributed by atoms with E-state index < -0.39 is 23.6 Å². The first kappa shape index (κ1) is 16.6. The summed E-state index contributed by atoms with van der Waals surface area (Å²) in [5, 5.41) is 0. The number of hydrogen-bond donors (Lipinski definition) is 3. The molecule has 0 heterocycles. The van der Waals surface area contributed by atoms with Crippen LogP contribution >= 0.6 is 0 Å². The number of carbonyl (C=O) groups is 3. The second kappa shape index (κ2) is 8.63. The zero-order chi connectivity index (χ0) is 14.1. The van der Waals surface area contributed by atoms with Crippen molar-refractivity contribution in [2.45, 2.75) is 52.5 Å². The van der Waals surface area contributed by atoms with Crippen LogP contribution in [-0.2, 0) is 14.4 Å². The second-order valence-electron chi connectivity index (χ2n) is 4.71. The van der Waals surface area contributed by atoms with E-state index in [4.69, 9.17) is 5.73 Å². The number of amides is 2. The fourth-order valence-corrected chi connectivity index (χ4v) is 1.39. The van der Waals surface area contributed by atoms with Crippen molar-refractivity contribution in [3.63, 3.8) is 0 Å². The van der Waals surface area contributed by atoms with Crippen LogP contribution in [0.15, 0.2) is 0 Å². The van der Waals surface area contributed by atoms with E-state index in [1.807, 2.05) is 20.8 Å². The van der Waals surface area contributed by atoms with Crippen molar-refractivity contribution in [3.05, 3.63) is 0 Å². The number of carbonyl (C=O) groups excluding carboxylic acids is 3. The first-order valence-electron chi connectivity index (χ1n) is 6.26. The summed E-state index contributed by atoms with van der Waals surface area (Å²) >= 11 is 0. The average Bonchev–Trinajstić information content (AvgIpc) is 2.30. The number of rotatable bonds is 9. The van der Waals surface area contributed by atoms with Gasteiger partial charge in [0.1, 0.15) is 6.04 Å². The van der Waals surface area contributed by atoms with E-state index in [2.05, 4.69) is 10.9 Å². The number of hydrazine groups is 1. The predicted octanol–water partition coefficient (Wildman–Crippen LogP) is 0.267. The molecule has 0 fully saturated rings. The molecule has 4 N–H and O–H groups in total. The number of nitrogens with two attached hydrogens (primary N) is 1. The highest BCUT2D eigenvalue weighted by molar-refractivity contribution is 6.36. The van der Waals surface area contributed by atoms with Crippen molar-refractivity contribution < 1.29 is 14.4 Å². The third-order valence-corrected chi connectivity index (χ3v) is 2.42. The van der Waals surface area contributed by atoms with Crippen LogP contribution in [0.1, 0.15) is 46.5 Å². The van der Waals surface area contributed by atoms with E-state index in [1.54, 1.807) is 0 Å². The summed E-state index contributed by atoms with van der Waals surface area (Å²) in [7, 11) is 0. The van der Waals surface area contributed by atoms with Crippen LogP contribution in [0.3, 0.4) is 0 Å². The number of Topliss-reactive ketones (excluding diaryl/α,β-unsaturated/α-hetero) is 1. The van der Waals surface area contributed by atoms with Gasteiger partial charge >= 0.3 is 5.91 Å². The van der Waals surface area contributed by atoms with Gasteiger partial charge in [-0.25, -0.2) is 5.43 Å². The van der Waals surface area contributed by atoms with Gasteiger partial charge in [-0.3, -0.25) is 19.8 Å². The van der Waals surface area contributed by atoms with Crippen LogP contribution in [0, 0.1) is 5.92 Å². The molecule has 0 aromatic carbocycles. The van der Waals surface area contributed by atoms with Gasteiger partial charge < -0.3 is 5.73 Å². The van der Waals surface area contributed by atoms with Gasteiger partial charge in [-0.1, -0.05) is 27.2 Å². The number of nitrogens with one attached hydrogen (secondary N) is 2. The first-order chi connectivity index (χ1) is 8.38. The van der Waals surface area contributed by atoms with Crippen LogP contribution in [0.2, 0.25) is 0 Å². The Morgan fingerprint density at radius 3 is 2.28 bits per heavy atom. The smallest absolute Gasteiger partial charge is 0.301 e. The van der Waals surface area contributed by atoms with Gasteiger partial charge in [-0.2, -0.15) is 0 Å². The largest absolute Gasteiger partial charge is 0.368 e. The maximum absolute atomic E-state index is 11.4. The summed E-state index contributed by atoms with van der Waals surface area (Å²) < 4.78 is 0. The van der Waals surface area contributed by atoms with Gasteiger partial charge in [-0.05, 0) is 18.8 Å². The molecule has 0 bridgehead atoms. The summed E-state index contributed by atoms with van der Waals surface area (Å²) in [5.41, 5.74) is 9.94. The Bertz CT molecular complexity index is 303. The zero-order valence-corrected chi connectivity index (χ0v) is 11.3. The lowest BCUT2D eigenvalue weighted by Crippen LogP contribution is -2.52. The lowest BCUT2D eigenvalue weighted by Gasteiger charge is -2.17. The molecular weight excluding hydrogens is 234 g/mol. The molecule has 0 rings (SSSR count). The molecule has 6 heteroatoms. The highest BCUT2D eigenvalue weighted by Gasteiger charge is 2.19. The summed E-state index contributed by atoms with van der Waals surface area (Å²) in [4.78, 5) is 33.8. The molecule has 0 aliphatic carbocycles. The normalized spacial score (nSPS) is 12.2. The highest BCUT2D eigenvalue weighted by Crippen LogP contribution is 2.03. The van der Waals surface area contributed by atoms with Gasteiger partial charge in [0.25, 0.3) is 0 Å². The van der Waals surface area contributed by atoms with E-state index >= 15 is 0 Å². The van der Waals surface area contributed by atoms with Crippen LogP contribution in [0.25, 0.3) is 0 Å². The molecular formula is C12H23N3O3. The van der Waals surface area contributed by atoms with Crippen molar-refractivity contribution in [3.8, 4) is 0 Å². The molecule has 0 aromatic heterocycles. The Balaban J connectivity index is 4.14. The molecule has 0 saturated heterocycles. The van der Waals surface area contributed by atoms with Gasteiger partial charge in [0, 0.05) is 6.42 Å². The number of primary amides is 1. The molecule has 0 saturated carbocycles. The lowest BCUT2D eigenvalue weighted by atomic mass is 10.0. The molecule has 1 atom stereocenters. The van der Waals surface area contributed by atoms with Crippen LogP contribution in [-0.4, -0.2) is 23.6 Å². The van der Waals surface area contributed by atoms with E-state index in [-0.39, 0.29) is 12.3 Å². The Morgan fingerprint density at radius 1 is 1.22 bits per heavy atom. The van der Waals surface area contributed by atoms with E-state index in [0.717, 1.165) is 6.42 Å². The Morgan fingerprint density at radius 2 is 1.83 bits per heavy atom. The van der Waals surface area contributed by atoms with Gasteiger partial charge in [0.2, 0.25) is 11.7 Å². The molecule has 0 spiro atoms. The predicted molar refractivity (Wildman–Crippen MR) is 68.2 cm³/mol. The lowest BCUT2D eigenvalue weighted by molar-refractivity contribution is -0.139. The van der Waals surface area contributed by atoms with Crippen molar-refractivity contribution in [1.82, 2.24) is 10.9 Å². The first-order valence-corrected chi connectivity index (χ1v) is 6.26. The topological polar surface area (TPSA) is 101 Å². The third-order valence-electron chi connectivity index (χ3n) is 2.42. The van der Waals surface area contributed by atoms with E-state index in [9.17, 15) is 14.4 Å². The Kier molecular flexibility index (Phi) is 7.94. The van der Waals surface area contributed by atoms with Gasteiger partial charge in [0.15, 0.2) is 0 Å². The van der Waals surface area contributed by atoms with Crippen LogP contribution in [0.5, 0.6) is 0 Å². The fourth-order valence-electron chi connectivity index (χ4n) is 1.39. The number of hydrogen-bond acceptors (Lipinski definition) is 4. The van der Waals surface area contributed by atoms with Crippen molar-refractivity contribution in [2.24, 2.45) is 11.7 Å². The zero-order valence-electron chi connectivity index (χ0n) is 11.3. The van der Waals surface area contributed by atoms with Crippen molar-refractivity contribution in [2.75, 3.05) is 0 Å². The number of unbranched alkanes of at least 4 members (excludes halogenated alkanes) is 1. The minimum atomic E-state index is -0.724. The summed E-state index contributed by atoms with van der Waals surface area (Å²) in [5.74, 6) is -1.51. The fraction of sp³-hybridized carbons (Fsp3) is 0.750. The number of ketones is 1. The molecule has 2 amide bonds. The molecule has 18 heavy (non-hydrogen) atoms. The summed E-state index contributed by atoms with van der Waals surface area (Å²) in [6.07, 6.45) is 2.25. The van der Waals surface area contributed by atoms with Gasteiger partial charge in [0.05, 0.1) is 0 Å². The summed E-state index contributed by atoms with van der Waals surface area (Å²) in [6, 6.07) is -0.659. The maximum Gasteiger partial charge on any atom is 0.301 e. The quantitative estimate of drug-likeness (QED) is 0.407. The van der Waals surface area contributed by atoms with Gasteiger partial charge in [-0.15, -0.1) is 0 Å². The monoisotopic (exact) mass is 257 g/mol. The maximum atomic E-state index is 11.4. The Labute approximate surface area is 108 Å². The minimum Gasteiger partial charge on any atom is -0.368 e. The molecule has 104 valence electrons. The van der Waals surface area contributed by atoms with E-state index in [1.165, 1.54) is 0 Å². The van der Waals surface area contributed by atoms with Crippen molar-refractivity contribution >= 4 is 17.6 Å². The van der Waals surface area contributed by atoms with Crippen molar-refractivity contribution in [1.29, 1.82) is 0 Å². The minimum absolute atomic E-state index is 0.218. The van der Waals surface area contributed by atoms with Crippen LogP contribution in [0.4, 0.5) is 0 Å². The average molecular weight is 257 g/mol. The molecule has 6 nitrogen and oxygen atoms in total. The molecule has 0 radical (unpaired) electrons. The molecule has 0 unspecified atom stereocenters. The standard InChI is InChI=1S/C12H23N3O3/c1-4-5-6-10(16)12(18)15-14-9(11(13)17)7-8(2)3/h8-9,14H,4-7H2,1-3H3,(H2,13,17)(H,15,18)/t9-/m0/s1. The van der Waals surface area contributed by atoms with E-state index in [0.29, 0.717) is 12.8 Å². The summed E-state index contributed by atoms with van der Waals surface area (Å²) in [6.45, 7) is 5.81. The second-order valence-corrected chi connectivity index (χ2v) is 4.71. The highest BCUT2D eigenvalue weighted by atomic mass is 16.2.